The van der Waals surface area contributed by atoms with Crippen molar-refractivity contribution in [1.29, 1.82) is 0 Å². The Labute approximate surface area is 342 Å². The van der Waals surface area contributed by atoms with Crippen LogP contribution in [0.15, 0.2) is 23.5 Å². The van der Waals surface area contributed by atoms with Gasteiger partial charge in [-0.05, 0) is 70.3 Å². The summed E-state index contributed by atoms with van der Waals surface area (Å²) in [5, 5.41) is 110. The first-order valence-corrected chi connectivity index (χ1v) is 20.7. The number of aliphatic hydroxyl groups excluding tert-OH is 8. The van der Waals surface area contributed by atoms with Gasteiger partial charge in [0, 0.05) is 23.7 Å². The maximum absolute atomic E-state index is 15.2. The van der Waals surface area contributed by atoms with Crippen LogP contribution in [0.1, 0.15) is 74.7 Å². The normalized spacial score (nSPS) is 52.7. The number of aliphatic hydroxyl groups is 10. The van der Waals surface area contributed by atoms with Gasteiger partial charge in [-0.15, -0.1) is 0 Å². The predicted molar refractivity (Wildman–Crippen MR) is 200 cm³/mol. The van der Waals surface area contributed by atoms with E-state index in [1.807, 2.05) is 26.8 Å². The molecule has 6 fully saturated rings. The molecular weight excluding hydrogens is 776 g/mol. The third kappa shape index (κ3) is 5.29. The molecular formula is C42H62O17. The summed E-state index contributed by atoms with van der Waals surface area (Å²) in [7, 11) is 0. The van der Waals surface area contributed by atoms with E-state index in [9.17, 15) is 55.9 Å². The van der Waals surface area contributed by atoms with Crippen LogP contribution in [0.5, 0.6) is 0 Å². The van der Waals surface area contributed by atoms with Crippen molar-refractivity contribution in [2.45, 2.75) is 158 Å². The monoisotopic (exact) mass is 838 g/mol. The van der Waals surface area contributed by atoms with Gasteiger partial charge in [0.05, 0.1) is 49.0 Å². The molecule has 17 nitrogen and oxygen atoms in total. The van der Waals surface area contributed by atoms with Crippen LogP contribution in [0, 0.1) is 45.3 Å². The minimum Gasteiger partial charge on any atom is -0.459 e. The fraction of sp³-hybridized carbons (Fsp3) is 0.857. The Morgan fingerprint density at radius 3 is 2.24 bits per heavy atom. The van der Waals surface area contributed by atoms with Gasteiger partial charge in [0.2, 0.25) is 17.9 Å². The van der Waals surface area contributed by atoms with Crippen LogP contribution in [0.25, 0.3) is 0 Å². The molecule has 4 aliphatic heterocycles. The topological polar surface area (TPSA) is 283 Å². The van der Waals surface area contributed by atoms with E-state index in [1.165, 1.54) is 6.92 Å². The van der Waals surface area contributed by atoms with Gasteiger partial charge in [0.1, 0.15) is 59.7 Å². The van der Waals surface area contributed by atoms with Crippen molar-refractivity contribution >= 4 is 11.6 Å². The second-order valence-electron chi connectivity index (χ2n) is 20.7. The minimum atomic E-state index is -2.12. The Morgan fingerprint density at radius 2 is 1.61 bits per heavy atom. The van der Waals surface area contributed by atoms with Gasteiger partial charge in [-0.1, -0.05) is 32.4 Å². The molecule has 8 aliphatic rings. The van der Waals surface area contributed by atoms with Gasteiger partial charge in [0.25, 0.3) is 0 Å². The third-order valence-corrected chi connectivity index (χ3v) is 17.0. The van der Waals surface area contributed by atoms with Crippen LogP contribution in [0.3, 0.4) is 0 Å². The molecule has 10 N–H and O–H groups in total. The van der Waals surface area contributed by atoms with E-state index in [-0.39, 0.29) is 24.4 Å². The maximum atomic E-state index is 15.2. The summed E-state index contributed by atoms with van der Waals surface area (Å²) in [6, 6.07) is 0. The van der Waals surface area contributed by atoms with Gasteiger partial charge in [-0.3, -0.25) is 9.59 Å². The molecule has 0 radical (unpaired) electrons. The van der Waals surface area contributed by atoms with E-state index in [0.717, 1.165) is 0 Å². The zero-order chi connectivity index (χ0) is 43.6. The molecule has 20 atom stereocenters. The second-order valence-corrected chi connectivity index (χ2v) is 20.7. The lowest BCUT2D eigenvalue weighted by atomic mass is 9.39. The predicted octanol–water partition coefficient (Wildman–Crippen LogP) is -1.65. The molecule has 0 aromatic carbocycles. The lowest BCUT2D eigenvalue weighted by Gasteiger charge is -2.64. The van der Waals surface area contributed by atoms with Crippen molar-refractivity contribution in [1.82, 2.24) is 0 Å². The van der Waals surface area contributed by atoms with Gasteiger partial charge in [-0.2, -0.15) is 0 Å². The Hall–Kier alpha value is -1.94. The number of Topliss-reactive ketones (excluding diaryl/α,β-unsaturated/α-hetero) is 2. The lowest BCUT2D eigenvalue weighted by molar-refractivity contribution is -0.340. The number of fused-ring (bicyclic) bond motifs is 5. The molecule has 17 heteroatoms. The highest BCUT2D eigenvalue weighted by molar-refractivity contribution is 6.02. The summed E-state index contributed by atoms with van der Waals surface area (Å²) in [4.78, 5) is 29.3. The van der Waals surface area contributed by atoms with Gasteiger partial charge in [-0.25, -0.2) is 0 Å². The Balaban J connectivity index is 1.17. The molecule has 0 amide bonds. The number of allylic oxidation sites excluding steroid dienone is 4. The molecule has 8 rings (SSSR count). The number of hydrogen-bond donors (Lipinski definition) is 10. The molecule has 4 saturated heterocycles. The number of carbonyl (C=O) groups excluding carboxylic acids is 2. The molecule has 0 unspecified atom stereocenters. The van der Waals surface area contributed by atoms with Crippen LogP contribution in [0.2, 0.25) is 0 Å². The van der Waals surface area contributed by atoms with Crippen molar-refractivity contribution in [2.75, 3.05) is 19.8 Å². The fourth-order valence-corrected chi connectivity index (χ4v) is 13.7. The van der Waals surface area contributed by atoms with E-state index in [0.29, 0.717) is 12.0 Å². The highest BCUT2D eigenvalue weighted by Gasteiger charge is 2.85. The van der Waals surface area contributed by atoms with Crippen LogP contribution in [0.4, 0.5) is 0 Å². The zero-order valence-corrected chi connectivity index (χ0v) is 34.8. The third-order valence-electron chi connectivity index (χ3n) is 17.0. The van der Waals surface area contributed by atoms with Crippen molar-refractivity contribution in [3.63, 3.8) is 0 Å². The van der Waals surface area contributed by atoms with E-state index in [1.54, 1.807) is 33.8 Å². The number of carbonyl (C=O) groups is 2. The summed E-state index contributed by atoms with van der Waals surface area (Å²) in [6.07, 6.45) is -11.2. The van der Waals surface area contributed by atoms with E-state index < -0.39 is 155 Å². The van der Waals surface area contributed by atoms with Crippen molar-refractivity contribution in [3.8, 4) is 0 Å². The van der Waals surface area contributed by atoms with Crippen LogP contribution >= 0.6 is 0 Å². The SMILES string of the molecule is CC1(C)C(=O)C(O[C@@H]2O[C@H](CO)[C@@H](O)[C@H](O)[C@H]2O)=C[C@@H]2C1=CC[C@@H]1[C@@]2(C)C(=O)C[C@]2(C)[C@@H]([C@@](C)(O)[C@@]34OC[C@]5(O)[C@H]([C@H](O)[C@H](O)CO)O[C@@H]([C@@H]53)C(C)(C)O4)[C@H](O)C[C@@]12C. The Morgan fingerprint density at radius 1 is 0.949 bits per heavy atom. The van der Waals surface area contributed by atoms with E-state index in [4.69, 9.17) is 23.7 Å². The first-order valence-electron chi connectivity index (χ1n) is 20.7. The first-order chi connectivity index (χ1) is 27.2. The molecule has 0 bridgehead atoms. The van der Waals surface area contributed by atoms with Crippen LogP contribution in [-0.4, -0.2) is 166 Å². The van der Waals surface area contributed by atoms with E-state index in [2.05, 4.69) is 0 Å². The molecule has 332 valence electrons. The minimum absolute atomic E-state index is 0.123. The standard InChI is InChI=1S/C42H62O17/c1-35(2)17-9-10-23-37(5)12-19(45)29(40(8,53)42-30-33(36(3,4)59-42)58-32(25(48)20(46)14-43)41(30,54)16-55-42)38(37,6)13-24(47)39(23,7)18(17)11-21(31(35)52)56-34-28(51)27(50)26(49)22(15-44)57-34/h9,11,18-20,22-23,25-30,32-34,43-46,48-51,53-54H,10,12-16H2,1-8H3/t18-,19-,20-,22-,23+,25-,26-,27+,28-,29+,30+,32+,33+,34-,37+,38-,39+,40-,41-,42-/m1/s1. The van der Waals surface area contributed by atoms with Gasteiger partial charge < -0.3 is 74.7 Å². The summed E-state index contributed by atoms with van der Waals surface area (Å²) in [5.41, 5.74) is -9.01. The Kier molecular flexibility index (Phi) is 9.85. The van der Waals surface area contributed by atoms with Gasteiger partial charge in [0.15, 0.2) is 5.76 Å². The number of rotatable bonds is 8. The molecule has 4 heterocycles. The quantitative estimate of drug-likeness (QED) is 0.123. The zero-order valence-electron chi connectivity index (χ0n) is 34.8. The summed E-state index contributed by atoms with van der Waals surface area (Å²) >= 11 is 0. The summed E-state index contributed by atoms with van der Waals surface area (Å²) in [5.74, 6) is -6.29. The molecule has 59 heavy (non-hydrogen) atoms. The number of hydrogen-bond acceptors (Lipinski definition) is 17. The fourth-order valence-electron chi connectivity index (χ4n) is 13.7. The molecule has 4 aliphatic carbocycles. The maximum Gasteiger partial charge on any atom is 0.229 e. The highest BCUT2D eigenvalue weighted by Crippen LogP contribution is 2.76. The molecule has 0 aromatic rings. The smallest absolute Gasteiger partial charge is 0.229 e. The largest absolute Gasteiger partial charge is 0.459 e. The molecule has 2 saturated carbocycles. The van der Waals surface area contributed by atoms with Crippen molar-refractivity contribution in [2.24, 2.45) is 45.3 Å². The molecule has 0 spiro atoms. The van der Waals surface area contributed by atoms with Crippen molar-refractivity contribution in [3.05, 3.63) is 23.5 Å². The first kappa shape index (κ1) is 43.7. The lowest BCUT2D eigenvalue weighted by Crippen LogP contribution is -2.69. The summed E-state index contributed by atoms with van der Waals surface area (Å²) < 4.78 is 30.8. The second kappa shape index (κ2) is 13.3. The average molecular weight is 839 g/mol. The molecule has 0 aromatic heterocycles. The van der Waals surface area contributed by atoms with Crippen molar-refractivity contribution < 1.29 is 84.3 Å². The van der Waals surface area contributed by atoms with Gasteiger partial charge >= 0.3 is 0 Å². The Bertz CT molecular complexity index is 1830. The number of ketones is 2. The highest BCUT2D eigenvalue weighted by atomic mass is 16.8. The van der Waals surface area contributed by atoms with Crippen LogP contribution < -0.4 is 0 Å². The number of ether oxygens (including phenoxy) is 5. The van der Waals surface area contributed by atoms with Crippen LogP contribution in [-0.2, 0) is 33.3 Å². The summed E-state index contributed by atoms with van der Waals surface area (Å²) in [6.45, 7) is 12.0. The average Bonchev–Trinajstić information content (AvgIpc) is 3.79. The van der Waals surface area contributed by atoms with E-state index >= 15 is 4.79 Å².